The Labute approximate surface area is 249 Å². The molecule has 2 aromatic carbocycles. The molecule has 1 amide bonds. The first-order valence-electron chi connectivity index (χ1n) is 14.7. The third kappa shape index (κ3) is 8.03. The molecule has 2 aliphatic heterocycles. The number of hydrogen-bond acceptors (Lipinski definition) is 7. The molecule has 1 saturated heterocycles. The van der Waals surface area contributed by atoms with Gasteiger partial charge in [-0.25, -0.2) is 0 Å². The number of anilines is 1. The van der Waals surface area contributed by atoms with Gasteiger partial charge in [-0.1, -0.05) is 50.8 Å². The fourth-order valence-electron chi connectivity index (χ4n) is 5.48. The number of para-hydroxylation sites is 1. The lowest BCUT2D eigenvalue weighted by molar-refractivity contribution is -0.117. The van der Waals surface area contributed by atoms with Gasteiger partial charge in [0.25, 0.3) is 0 Å². The first-order valence-corrected chi connectivity index (χ1v) is 14.7. The molecule has 8 heteroatoms. The third-order valence-corrected chi connectivity index (χ3v) is 7.80. The smallest absolute Gasteiger partial charge is 0.238 e. The summed E-state index contributed by atoms with van der Waals surface area (Å²) in [6, 6.07) is 12.3. The monoisotopic (exact) mass is 576 g/mol. The molecule has 2 atom stereocenters. The van der Waals surface area contributed by atoms with Crippen LogP contribution in [0.25, 0.3) is 0 Å². The van der Waals surface area contributed by atoms with Crippen LogP contribution in [0.5, 0.6) is 11.5 Å². The van der Waals surface area contributed by atoms with E-state index in [4.69, 9.17) is 23.7 Å². The molecular weight excluding hydrogens is 532 g/mol. The summed E-state index contributed by atoms with van der Waals surface area (Å²) >= 11 is 0. The van der Waals surface area contributed by atoms with Crippen LogP contribution in [0.4, 0.5) is 5.69 Å². The Hall–Kier alpha value is -3.59. The summed E-state index contributed by atoms with van der Waals surface area (Å²) in [5.74, 6) is 2.41. The van der Waals surface area contributed by atoms with Gasteiger partial charge in [-0.2, -0.15) is 0 Å². The lowest BCUT2D eigenvalue weighted by atomic mass is 9.93. The van der Waals surface area contributed by atoms with Crippen molar-refractivity contribution < 1.29 is 28.5 Å². The normalized spacial score (nSPS) is 18.5. The summed E-state index contributed by atoms with van der Waals surface area (Å²) < 4.78 is 27.3. The quantitative estimate of drug-likeness (QED) is 0.121. The van der Waals surface area contributed by atoms with E-state index in [9.17, 15) is 4.79 Å². The molecule has 42 heavy (non-hydrogen) atoms. The van der Waals surface area contributed by atoms with E-state index in [0.29, 0.717) is 19.0 Å². The number of amides is 1. The molecule has 1 fully saturated rings. The number of fused-ring (bicyclic) bond motifs is 1. The van der Waals surface area contributed by atoms with Crippen molar-refractivity contribution in [3.8, 4) is 11.5 Å². The van der Waals surface area contributed by atoms with Crippen molar-refractivity contribution in [2.45, 2.75) is 52.0 Å². The molecule has 0 spiro atoms. The zero-order valence-electron chi connectivity index (χ0n) is 25.3. The van der Waals surface area contributed by atoms with Crippen molar-refractivity contribution in [3.05, 3.63) is 89.2 Å². The van der Waals surface area contributed by atoms with Crippen LogP contribution in [0.1, 0.15) is 49.8 Å². The average Bonchev–Trinajstić information content (AvgIpc) is 3.65. The standard InChI is InChI=1S/C34H44N2O6/c1-6-25-10-9-11-26(7-2)34(25)35-33(37)21-36-20-28(27-13-15-31-32(19-27)42-23-41-31)18-30(36)24(4)12-14-29(8-3)40-22-39-17-16-38-5/h8-15,19,28,30H,4,6-7,16-18,20-23H2,1-3,5H3,(H,35,37)/b14-12-,29-8+/t28-,30-/m1/s1. The minimum Gasteiger partial charge on any atom is -0.468 e. The van der Waals surface area contributed by atoms with Gasteiger partial charge >= 0.3 is 0 Å². The molecule has 0 aliphatic carbocycles. The van der Waals surface area contributed by atoms with E-state index in [2.05, 4.69) is 61.0 Å². The number of likely N-dealkylation sites (tertiary alicyclic amines) is 1. The van der Waals surface area contributed by atoms with Gasteiger partial charge in [-0.3, -0.25) is 9.69 Å². The minimum atomic E-state index is -0.0237. The highest BCUT2D eigenvalue weighted by atomic mass is 16.7. The second-order valence-electron chi connectivity index (χ2n) is 10.5. The van der Waals surface area contributed by atoms with E-state index in [1.165, 1.54) is 5.56 Å². The number of methoxy groups -OCH3 is 1. The molecule has 0 bridgehead atoms. The Kier molecular flexibility index (Phi) is 11.6. The molecule has 0 saturated carbocycles. The minimum absolute atomic E-state index is 0.0226. The van der Waals surface area contributed by atoms with Crippen molar-refractivity contribution in [1.29, 1.82) is 0 Å². The largest absolute Gasteiger partial charge is 0.468 e. The number of aryl methyl sites for hydroxylation is 2. The summed E-state index contributed by atoms with van der Waals surface area (Å²) in [5, 5.41) is 3.24. The summed E-state index contributed by atoms with van der Waals surface area (Å²) in [6.07, 6.45) is 8.30. The van der Waals surface area contributed by atoms with Gasteiger partial charge in [-0.05, 0) is 78.7 Å². The molecule has 2 heterocycles. The van der Waals surface area contributed by atoms with Crippen LogP contribution in [-0.2, 0) is 31.8 Å². The van der Waals surface area contributed by atoms with Gasteiger partial charge in [0, 0.05) is 25.4 Å². The fourth-order valence-corrected chi connectivity index (χ4v) is 5.48. The Morgan fingerprint density at radius 2 is 1.86 bits per heavy atom. The zero-order chi connectivity index (χ0) is 29.9. The summed E-state index contributed by atoms with van der Waals surface area (Å²) in [5.41, 5.74) is 5.32. The van der Waals surface area contributed by atoms with Crippen molar-refractivity contribution in [2.75, 3.05) is 52.3 Å². The van der Waals surface area contributed by atoms with Crippen LogP contribution in [-0.4, -0.2) is 63.8 Å². The Bertz CT molecular complexity index is 1260. The van der Waals surface area contributed by atoms with Gasteiger partial charge in [-0.15, -0.1) is 0 Å². The number of benzene rings is 2. The topological polar surface area (TPSA) is 78.5 Å². The van der Waals surface area contributed by atoms with Crippen molar-refractivity contribution >= 4 is 11.6 Å². The van der Waals surface area contributed by atoms with E-state index in [-0.39, 0.29) is 38.0 Å². The van der Waals surface area contributed by atoms with Crippen LogP contribution < -0.4 is 14.8 Å². The average molecular weight is 577 g/mol. The molecular formula is C34H44N2O6. The summed E-state index contributed by atoms with van der Waals surface area (Å²) in [4.78, 5) is 15.7. The number of carbonyl (C=O) groups excluding carboxylic acids is 1. The van der Waals surface area contributed by atoms with Gasteiger partial charge in [0.05, 0.1) is 19.8 Å². The highest BCUT2D eigenvalue weighted by Gasteiger charge is 2.35. The third-order valence-electron chi connectivity index (χ3n) is 7.80. The van der Waals surface area contributed by atoms with Gasteiger partial charge in [0.1, 0.15) is 5.76 Å². The lowest BCUT2D eigenvalue weighted by Crippen LogP contribution is -2.37. The molecule has 0 radical (unpaired) electrons. The van der Waals surface area contributed by atoms with Crippen LogP contribution >= 0.6 is 0 Å². The van der Waals surface area contributed by atoms with E-state index in [0.717, 1.165) is 59.7 Å². The van der Waals surface area contributed by atoms with E-state index >= 15 is 0 Å². The highest BCUT2D eigenvalue weighted by molar-refractivity contribution is 5.94. The van der Waals surface area contributed by atoms with Crippen LogP contribution in [0.3, 0.4) is 0 Å². The van der Waals surface area contributed by atoms with E-state index in [1.807, 2.05) is 31.2 Å². The number of allylic oxidation sites excluding steroid dienone is 2. The van der Waals surface area contributed by atoms with E-state index in [1.54, 1.807) is 7.11 Å². The number of nitrogens with one attached hydrogen (secondary N) is 1. The SMILES string of the molecule is C=C(/C=C\C(=C/C)OCOCCOC)[C@H]1C[C@@H](c2ccc3c(c2)OCO3)CN1CC(=O)Nc1c(CC)cccc1CC. The maximum absolute atomic E-state index is 13.5. The van der Waals surface area contributed by atoms with Gasteiger partial charge in [0.2, 0.25) is 12.7 Å². The maximum atomic E-state index is 13.5. The number of ether oxygens (including phenoxy) is 5. The van der Waals surface area contributed by atoms with Crippen molar-refractivity contribution in [1.82, 2.24) is 4.90 Å². The fraction of sp³-hybridized carbons (Fsp3) is 0.441. The van der Waals surface area contributed by atoms with Gasteiger partial charge in [0.15, 0.2) is 18.3 Å². The molecule has 2 aromatic rings. The van der Waals surface area contributed by atoms with E-state index < -0.39 is 0 Å². The highest BCUT2D eigenvalue weighted by Crippen LogP contribution is 2.40. The Balaban J connectivity index is 1.49. The number of rotatable bonds is 15. The van der Waals surface area contributed by atoms with Crippen molar-refractivity contribution in [3.63, 3.8) is 0 Å². The lowest BCUT2D eigenvalue weighted by Gasteiger charge is -2.25. The number of nitrogens with zero attached hydrogens (tertiary/aromatic N) is 1. The molecule has 0 unspecified atom stereocenters. The second-order valence-corrected chi connectivity index (χ2v) is 10.5. The molecule has 1 N–H and O–H groups in total. The first-order chi connectivity index (χ1) is 20.5. The van der Waals surface area contributed by atoms with Crippen LogP contribution in [0.2, 0.25) is 0 Å². The van der Waals surface area contributed by atoms with Crippen LogP contribution in [0, 0.1) is 0 Å². The number of carbonyl (C=O) groups is 1. The predicted molar refractivity (Wildman–Crippen MR) is 165 cm³/mol. The predicted octanol–water partition coefficient (Wildman–Crippen LogP) is 5.99. The maximum Gasteiger partial charge on any atom is 0.238 e. The molecule has 4 rings (SSSR count). The summed E-state index contributed by atoms with van der Waals surface area (Å²) in [7, 11) is 1.63. The van der Waals surface area contributed by atoms with Gasteiger partial charge < -0.3 is 29.0 Å². The molecule has 2 aliphatic rings. The van der Waals surface area contributed by atoms with Crippen LogP contribution in [0.15, 0.2) is 72.5 Å². The number of hydrogen-bond donors (Lipinski definition) is 1. The first kappa shape index (κ1) is 31.3. The Morgan fingerprint density at radius 1 is 1.10 bits per heavy atom. The molecule has 226 valence electrons. The Morgan fingerprint density at radius 3 is 2.57 bits per heavy atom. The van der Waals surface area contributed by atoms with Crippen molar-refractivity contribution in [2.24, 2.45) is 0 Å². The zero-order valence-corrected chi connectivity index (χ0v) is 25.3. The summed E-state index contributed by atoms with van der Waals surface area (Å²) in [6.45, 7) is 12.9. The molecule has 8 nitrogen and oxygen atoms in total. The molecule has 0 aromatic heterocycles. The second kappa shape index (κ2) is 15.6.